The van der Waals surface area contributed by atoms with Crippen molar-refractivity contribution in [3.05, 3.63) is 23.3 Å². The fourth-order valence-electron chi connectivity index (χ4n) is 2.22. The summed E-state index contributed by atoms with van der Waals surface area (Å²) in [5, 5.41) is 14.1. The number of aryl methyl sites for hydroxylation is 1. The van der Waals surface area contributed by atoms with Gasteiger partial charge >= 0.3 is 6.18 Å². The maximum absolute atomic E-state index is 13.8. The molecule has 0 radical (unpaired) electrons. The van der Waals surface area contributed by atoms with Crippen molar-refractivity contribution in [2.24, 2.45) is 10.1 Å². The Morgan fingerprint density at radius 3 is 2.39 bits per heavy atom. The quantitative estimate of drug-likeness (QED) is 0.382. The van der Waals surface area contributed by atoms with Gasteiger partial charge in [-0.2, -0.15) is 13.2 Å². The van der Waals surface area contributed by atoms with Gasteiger partial charge in [0.15, 0.2) is 6.61 Å². The highest BCUT2D eigenvalue weighted by atomic mass is 19.4. The number of nitrogens with zero attached hydrogens (tertiary/aromatic N) is 3. The second-order valence-corrected chi connectivity index (χ2v) is 6.56. The highest BCUT2D eigenvalue weighted by Crippen LogP contribution is 2.45. The molecular formula is C19H28F3N3O3. The first-order valence-electron chi connectivity index (χ1n) is 8.90. The number of aliphatic hydroxyl groups is 1. The van der Waals surface area contributed by atoms with Gasteiger partial charge in [-0.15, -0.1) is 0 Å². The van der Waals surface area contributed by atoms with Gasteiger partial charge < -0.3 is 19.6 Å². The van der Waals surface area contributed by atoms with E-state index in [1.165, 1.54) is 12.1 Å². The number of hydrogen-bond acceptors (Lipinski definition) is 5. The molecule has 28 heavy (non-hydrogen) atoms. The van der Waals surface area contributed by atoms with Crippen molar-refractivity contribution in [3.63, 3.8) is 0 Å². The molecule has 0 amide bonds. The van der Waals surface area contributed by atoms with Crippen LogP contribution in [0.15, 0.2) is 22.3 Å². The third-order valence-electron chi connectivity index (χ3n) is 3.93. The zero-order valence-corrected chi connectivity index (χ0v) is 17.1. The minimum absolute atomic E-state index is 0.111. The molecule has 0 spiro atoms. The molecule has 6 nitrogen and oxygen atoms in total. The molecule has 1 rings (SSSR count). The third kappa shape index (κ3) is 5.85. The van der Waals surface area contributed by atoms with Crippen molar-refractivity contribution >= 4 is 17.7 Å². The first-order valence-corrected chi connectivity index (χ1v) is 8.90. The van der Waals surface area contributed by atoms with Gasteiger partial charge in [0.25, 0.3) is 0 Å². The van der Waals surface area contributed by atoms with Crippen LogP contribution in [0.25, 0.3) is 0 Å². The van der Waals surface area contributed by atoms with Gasteiger partial charge in [-0.05, 0) is 46.2 Å². The molecule has 0 saturated carbocycles. The SMILES string of the molecule is CCOc1cc(N=CN(C)CC)c(C)cc1C(O)(CON=C(C)C)C(F)(F)F. The maximum Gasteiger partial charge on any atom is 0.425 e. The van der Waals surface area contributed by atoms with E-state index in [4.69, 9.17) is 9.57 Å². The third-order valence-corrected chi connectivity index (χ3v) is 3.93. The molecule has 0 aliphatic carbocycles. The van der Waals surface area contributed by atoms with Crippen LogP contribution in [0.5, 0.6) is 5.75 Å². The number of halogens is 3. The molecule has 158 valence electrons. The van der Waals surface area contributed by atoms with Crippen LogP contribution in [0.4, 0.5) is 18.9 Å². The fourth-order valence-corrected chi connectivity index (χ4v) is 2.22. The Hall–Kier alpha value is -2.29. The van der Waals surface area contributed by atoms with E-state index in [0.29, 0.717) is 17.0 Å². The lowest BCUT2D eigenvalue weighted by Crippen LogP contribution is -2.46. The minimum atomic E-state index is -5.00. The van der Waals surface area contributed by atoms with Gasteiger partial charge in [0.05, 0.1) is 24.3 Å². The van der Waals surface area contributed by atoms with Crippen LogP contribution in [0.1, 0.15) is 38.8 Å². The molecular weight excluding hydrogens is 375 g/mol. The smallest absolute Gasteiger partial charge is 0.425 e. The zero-order chi connectivity index (χ0) is 21.5. The van der Waals surface area contributed by atoms with E-state index in [9.17, 15) is 18.3 Å². The first kappa shape index (κ1) is 23.7. The monoisotopic (exact) mass is 403 g/mol. The van der Waals surface area contributed by atoms with Crippen molar-refractivity contribution in [2.75, 3.05) is 26.8 Å². The van der Waals surface area contributed by atoms with E-state index >= 15 is 0 Å². The summed E-state index contributed by atoms with van der Waals surface area (Å²) in [7, 11) is 1.83. The Labute approximate surface area is 163 Å². The summed E-state index contributed by atoms with van der Waals surface area (Å²) in [4.78, 5) is 10.9. The van der Waals surface area contributed by atoms with Gasteiger partial charge in [-0.3, -0.25) is 0 Å². The number of benzene rings is 1. The number of hydrogen-bond donors (Lipinski definition) is 1. The Bertz CT molecular complexity index is 716. The average Bonchev–Trinajstić information content (AvgIpc) is 2.60. The molecule has 0 saturated heterocycles. The molecule has 0 fully saturated rings. The second-order valence-electron chi connectivity index (χ2n) is 6.56. The summed E-state index contributed by atoms with van der Waals surface area (Å²) in [6.07, 6.45) is -3.43. The van der Waals surface area contributed by atoms with Crippen LogP contribution >= 0.6 is 0 Å². The fraction of sp³-hybridized carbons (Fsp3) is 0.579. The predicted molar refractivity (Wildman–Crippen MR) is 103 cm³/mol. The topological polar surface area (TPSA) is 66.7 Å². The van der Waals surface area contributed by atoms with E-state index in [1.54, 1.807) is 34.0 Å². The van der Waals surface area contributed by atoms with E-state index in [0.717, 1.165) is 6.54 Å². The average molecular weight is 403 g/mol. The summed E-state index contributed by atoms with van der Waals surface area (Å²) < 4.78 is 46.8. The Kier molecular flexibility index (Phi) is 8.29. The van der Waals surface area contributed by atoms with Crippen LogP contribution in [0.2, 0.25) is 0 Å². The van der Waals surface area contributed by atoms with Crippen molar-refractivity contribution in [1.29, 1.82) is 0 Å². The van der Waals surface area contributed by atoms with Crippen molar-refractivity contribution in [1.82, 2.24) is 4.90 Å². The van der Waals surface area contributed by atoms with Gasteiger partial charge in [0.2, 0.25) is 5.60 Å². The zero-order valence-electron chi connectivity index (χ0n) is 17.1. The number of alkyl halides is 3. The standard InChI is InChI=1S/C19H28F3N3O3/c1-7-25(6)12-23-16-10-17(27-8-2)15(9-14(16)5)18(26,19(20,21)22)11-28-24-13(3)4/h9-10,12,26H,7-8,11H2,1-6H3. The normalized spacial score (nSPS) is 13.9. The summed E-state index contributed by atoms with van der Waals surface area (Å²) in [5.41, 5.74) is -2.40. The molecule has 0 aromatic heterocycles. The minimum Gasteiger partial charge on any atom is -0.493 e. The van der Waals surface area contributed by atoms with Crippen LogP contribution in [0.3, 0.4) is 0 Å². The highest BCUT2D eigenvalue weighted by Gasteiger charge is 2.57. The predicted octanol–water partition coefficient (Wildman–Crippen LogP) is 4.17. The van der Waals surface area contributed by atoms with E-state index in [2.05, 4.69) is 10.1 Å². The number of ether oxygens (including phenoxy) is 1. The highest BCUT2D eigenvalue weighted by molar-refractivity contribution is 5.78. The van der Waals surface area contributed by atoms with E-state index in [1.807, 2.05) is 18.9 Å². The summed E-state index contributed by atoms with van der Waals surface area (Å²) in [5.74, 6) is -0.111. The molecule has 9 heteroatoms. The van der Waals surface area contributed by atoms with Gasteiger partial charge in [-0.25, -0.2) is 4.99 Å². The van der Waals surface area contributed by atoms with E-state index in [-0.39, 0.29) is 12.4 Å². The van der Waals surface area contributed by atoms with Crippen molar-refractivity contribution in [2.45, 2.75) is 46.4 Å². The first-order chi connectivity index (χ1) is 13.0. The summed E-state index contributed by atoms with van der Waals surface area (Å²) in [6.45, 7) is 8.09. The Balaban J connectivity index is 3.49. The lowest BCUT2D eigenvalue weighted by molar-refractivity contribution is -0.282. The van der Waals surface area contributed by atoms with E-state index < -0.39 is 23.9 Å². The van der Waals surface area contributed by atoms with Crippen LogP contribution < -0.4 is 4.74 Å². The molecule has 1 unspecified atom stereocenters. The Morgan fingerprint density at radius 2 is 1.89 bits per heavy atom. The molecule has 0 aliphatic rings. The van der Waals surface area contributed by atoms with Crippen LogP contribution in [0, 0.1) is 6.92 Å². The number of oxime groups is 1. The number of rotatable bonds is 9. The summed E-state index contributed by atoms with van der Waals surface area (Å²) >= 11 is 0. The van der Waals surface area contributed by atoms with Gasteiger partial charge in [-0.1, -0.05) is 5.16 Å². The Morgan fingerprint density at radius 1 is 1.25 bits per heavy atom. The molecule has 1 N–H and O–H groups in total. The van der Waals surface area contributed by atoms with Gasteiger partial charge in [0, 0.05) is 25.2 Å². The van der Waals surface area contributed by atoms with Crippen molar-refractivity contribution in [3.8, 4) is 5.75 Å². The number of aliphatic imine (C=N–C) groups is 1. The molecule has 0 aliphatic heterocycles. The molecule has 0 bridgehead atoms. The summed E-state index contributed by atoms with van der Waals surface area (Å²) in [6, 6.07) is 2.61. The maximum atomic E-state index is 13.8. The molecule has 1 aromatic rings. The van der Waals surface area contributed by atoms with Gasteiger partial charge in [0.1, 0.15) is 5.75 Å². The van der Waals surface area contributed by atoms with Crippen LogP contribution in [-0.2, 0) is 10.4 Å². The van der Waals surface area contributed by atoms with Crippen LogP contribution in [-0.4, -0.2) is 55.0 Å². The lowest BCUT2D eigenvalue weighted by Gasteiger charge is -2.31. The van der Waals surface area contributed by atoms with Crippen molar-refractivity contribution < 1.29 is 27.9 Å². The molecule has 1 aromatic carbocycles. The lowest BCUT2D eigenvalue weighted by atomic mass is 9.91. The second kappa shape index (κ2) is 9.77. The largest absolute Gasteiger partial charge is 0.493 e. The molecule has 0 heterocycles. The molecule has 1 atom stereocenters.